The molecular formula is C9H10N4O2S. The number of nitrogens with one attached hydrogen (secondary N) is 2. The van der Waals surface area contributed by atoms with E-state index >= 15 is 0 Å². The number of carbonyl (C=O) groups excluding carboxylic acids is 1. The molecule has 0 aliphatic heterocycles. The van der Waals surface area contributed by atoms with E-state index in [4.69, 9.17) is 0 Å². The molecule has 0 aliphatic carbocycles. The minimum atomic E-state index is -0.373. The fourth-order valence-electron chi connectivity index (χ4n) is 1.20. The highest BCUT2D eigenvalue weighted by Gasteiger charge is 2.08. The van der Waals surface area contributed by atoms with Gasteiger partial charge in [-0.05, 0) is 11.6 Å². The zero-order valence-corrected chi connectivity index (χ0v) is 9.37. The first-order valence-electron chi connectivity index (χ1n) is 4.55. The Morgan fingerprint density at radius 3 is 3.25 bits per heavy atom. The highest BCUT2D eigenvalue weighted by atomic mass is 32.1. The van der Waals surface area contributed by atoms with Crippen LogP contribution in [0.4, 0.5) is 5.13 Å². The third-order valence-electron chi connectivity index (χ3n) is 1.95. The van der Waals surface area contributed by atoms with Crippen molar-refractivity contribution in [1.29, 1.82) is 0 Å². The number of anilines is 1. The van der Waals surface area contributed by atoms with Gasteiger partial charge in [0.2, 0.25) is 5.13 Å². The zero-order valence-electron chi connectivity index (χ0n) is 8.56. The third kappa shape index (κ3) is 2.37. The van der Waals surface area contributed by atoms with Crippen LogP contribution < -0.4 is 5.32 Å². The molecule has 0 saturated heterocycles. The lowest BCUT2D eigenvalue weighted by atomic mass is 10.3. The molecule has 2 rings (SSSR count). The molecular weight excluding hydrogens is 228 g/mol. The van der Waals surface area contributed by atoms with Gasteiger partial charge in [0.05, 0.1) is 7.11 Å². The Labute approximate surface area is 95.7 Å². The number of H-pyrrole nitrogens is 1. The molecule has 6 nitrogen and oxygen atoms in total. The number of ether oxygens (including phenoxy) is 1. The van der Waals surface area contributed by atoms with E-state index < -0.39 is 0 Å². The number of hydrogen-bond donors (Lipinski definition) is 2. The molecule has 7 heteroatoms. The predicted molar refractivity (Wildman–Crippen MR) is 59.4 cm³/mol. The second kappa shape index (κ2) is 4.75. The Kier molecular flexibility index (Phi) is 3.16. The maximum absolute atomic E-state index is 11.2. The van der Waals surface area contributed by atoms with Crippen LogP contribution in [0.2, 0.25) is 0 Å². The quantitative estimate of drug-likeness (QED) is 0.784. The van der Waals surface area contributed by atoms with E-state index in [1.54, 1.807) is 17.8 Å². The molecule has 0 radical (unpaired) electrons. The number of aromatic amines is 1. The largest absolute Gasteiger partial charge is 0.464 e. The summed E-state index contributed by atoms with van der Waals surface area (Å²) in [7, 11) is 1.35. The van der Waals surface area contributed by atoms with E-state index in [2.05, 4.69) is 25.2 Å². The van der Waals surface area contributed by atoms with Crippen molar-refractivity contribution in [2.45, 2.75) is 6.54 Å². The first kappa shape index (κ1) is 10.6. The van der Waals surface area contributed by atoms with Crippen LogP contribution in [0.15, 0.2) is 17.8 Å². The zero-order chi connectivity index (χ0) is 11.4. The third-order valence-corrected chi connectivity index (χ3v) is 2.60. The van der Waals surface area contributed by atoms with Crippen LogP contribution in [-0.4, -0.2) is 28.3 Å². The average Bonchev–Trinajstić information content (AvgIpc) is 2.96. The van der Waals surface area contributed by atoms with Gasteiger partial charge in [0.25, 0.3) is 0 Å². The number of aromatic nitrogens is 3. The van der Waals surface area contributed by atoms with E-state index in [-0.39, 0.29) is 5.97 Å². The monoisotopic (exact) mass is 238 g/mol. The summed E-state index contributed by atoms with van der Waals surface area (Å²) in [6.45, 7) is 0.586. The van der Waals surface area contributed by atoms with Gasteiger partial charge in [0, 0.05) is 12.7 Å². The van der Waals surface area contributed by atoms with Crippen LogP contribution in [0.3, 0.4) is 0 Å². The van der Waals surface area contributed by atoms with Crippen molar-refractivity contribution < 1.29 is 9.53 Å². The van der Waals surface area contributed by atoms with Crippen molar-refractivity contribution in [1.82, 2.24) is 15.2 Å². The standard InChI is InChI=1S/C9H10N4O2S/c1-15-8(14)7-2-6(3-10-7)4-11-9-13-12-5-16-9/h2-3,5,10H,4H2,1H3,(H,11,13). The first-order chi connectivity index (χ1) is 7.79. The Bertz CT molecular complexity index is 466. The van der Waals surface area contributed by atoms with Gasteiger partial charge in [-0.25, -0.2) is 4.79 Å². The Morgan fingerprint density at radius 2 is 2.56 bits per heavy atom. The van der Waals surface area contributed by atoms with Crippen LogP contribution in [0, 0.1) is 0 Å². The summed E-state index contributed by atoms with van der Waals surface area (Å²) < 4.78 is 4.59. The van der Waals surface area contributed by atoms with Crippen LogP contribution in [0.1, 0.15) is 16.1 Å². The second-order valence-corrected chi connectivity index (χ2v) is 3.84. The van der Waals surface area contributed by atoms with Crippen LogP contribution in [0.25, 0.3) is 0 Å². The molecule has 0 aromatic carbocycles. The van der Waals surface area contributed by atoms with E-state index in [1.807, 2.05) is 0 Å². The fraction of sp³-hybridized carbons (Fsp3) is 0.222. The van der Waals surface area contributed by atoms with Gasteiger partial charge in [0.15, 0.2) is 0 Å². The minimum Gasteiger partial charge on any atom is -0.464 e. The SMILES string of the molecule is COC(=O)c1cc(CNc2nncs2)c[nH]1. The van der Waals surface area contributed by atoms with Gasteiger partial charge in [0.1, 0.15) is 11.2 Å². The fourth-order valence-corrected chi connectivity index (χ4v) is 1.64. The van der Waals surface area contributed by atoms with Crippen LogP contribution in [-0.2, 0) is 11.3 Å². The first-order valence-corrected chi connectivity index (χ1v) is 5.43. The van der Waals surface area contributed by atoms with Crippen molar-refractivity contribution in [2.24, 2.45) is 0 Å². The summed E-state index contributed by atoms with van der Waals surface area (Å²) in [5.74, 6) is -0.373. The van der Waals surface area contributed by atoms with E-state index in [9.17, 15) is 4.79 Å². The number of rotatable bonds is 4. The summed E-state index contributed by atoms with van der Waals surface area (Å²) >= 11 is 1.42. The molecule has 0 bridgehead atoms. The molecule has 0 saturated carbocycles. The predicted octanol–water partition coefficient (Wildman–Crippen LogP) is 1.26. The van der Waals surface area contributed by atoms with Crippen LogP contribution >= 0.6 is 11.3 Å². The van der Waals surface area contributed by atoms with Gasteiger partial charge in [-0.15, -0.1) is 10.2 Å². The number of methoxy groups -OCH3 is 1. The molecule has 0 unspecified atom stereocenters. The van der Waals surface area contributed by atoms with Gasteiger partial charge >= 0.3 is 5.97 Å². The lowest BCUT2D eigenvalue weighted by Crippen LogP contribution is -2.01. The molecule has 2 aromatic rings. The Morgan fingerprint density at radius 1 is 1.69 bits per heavy atom. The molecule has 84 valence electrons. The number of carbonyl (C=O) groups is 1. The molecule has 16 heavy (non-hydrogen) atoms. The van der Waals surface area contributed by atoms with Gasteiger partial charge in [-0.1, -0.05) is 11.3 Å². The maximum atomic E-state index is 11.2. The summed E-state index contributed by atoms with van der Waals surface area (Å²) in [5, 5.41) is 11.4. The molecule has 2 N–H and O–H groups in total. The lowest BCUT2D eigenvalue weighted by molar-refractivity contribution is 0.0595. The number of esters is 1. The highest BCUT2D eigenvalue weighted by Crippen LogP contribution is 2.11. The minimum absolute atomic E-state index is 0.373. The molecule has 0 amide bonds. The topological polar surface area (TPSA) is 79.9 Å². The molecule has 0 spiro atoms. The van der Waals surface area contributed by atoms with Crippen molar-refractivity contribution >= 4 is 22.4 Å². The van der Waals surface area contributed by atoms with Crippen molar-refractivity contribution in [3.8, 4) is 0 Å². The highest BCUT2D eigenvalue weighted by molar-refractivity contribution is 7.13. The van der Waals surface area contributed by atoms with E-state index in [0.29, 0.717) is 12.2 Å². The summed E-state index contributed by atoms with van der Waals surface area (Å²) in [5.41, 5.74) is 3.05. The summed E-state index contributed by atoms with van der Waals surface area (Å²) in [6.07, 6.45) is 1.75. The lowest BCUT2D eigenvalue weighted by Gasteiger charge is -1.97. The van der Waals surface area contributed by atoms with Gasteiger partial charge in [-0.2, -0.15) is 0 Å². The Balaban J connectivity index is 1.95. The van der Waals surface area contributed by atoms with Gasteiger partial charge < -0.3 is 15.0 Å². The smallest absolute Gasteiger partial charge is 0.354 e. The number of hydrogen-bond acceptors (Lipinski definition) is 6. The van der Waals surface area contributed by atoms with Crippen LogP contribution in [0.5, 0.6) is 0 Å². The molecule has 2 aromatic heterocycles. The summed E-state index contributed by atoms with van der Waals surface area (Å²) in [4.78, 5) is 14.0. The molecule has 0 aliphatic rings. The van der Waals surface area contributed by atoms with Gasteiger partial charge in [-0.3, -0.25) is 0 Å². The average molecular weight is 238 g/mol. The molecule has 0 atom stereocenters. The normalized spacial score (nSPS) is 10.1. The van der Waals surface area contributed by atoms with Crippen molar-refractivity contribution in [3.63, 3.8) is 0 Å². The van der Waals surface area contributed by atoms with E-state index in [1.165, 1.54) is 18.4 Å². The Hall–Kier alpha value is -1.89. The number of nitrogens with zero attached hydrogens (tertiary/aromatic N) is 2. The molecule has 2 heterocycles. The second-order valence-electron chi connectivity index (χ2n) is 3.01. The van der Waals surface area contributed by atoms with Crippen molar-refractivity contribution in [2.75, 3.05) is 12.4 Å². The van der Waals surface area contributed by atoms with E-state index in [0.717, 1.165) is 10.7 Å². The van der Waals surface area contributed by atoms with Crippen molar-refractivity contribution in [3.05, 3.63) is 29.0 Å². The molecule has 0 fully saturated rings. The summed E-state index contributed by atoms with van der Waals surface area (Å²) in [6, 6.07) is 1.74. The maximum Gasteiger partial charge on any atom is 0.354 e.